The first-order chi connectivity index (χ1) is 34.2. The summed E-state index contributed by atoms with van der Waals surface area (Å²) in [5.41, 5.74) is 13.9. The number of carbonyl (C=O) groups excluding carboxylic acids is 3. The van der Waals surface area contributed by atoms with Crippen LogP contribution in [0.15, 0.2) is 60.8 Å². The Morgan fingerprint density at radius 1 is 0.901 bits per heavy atom. The van der Waals surface area contributed by atoms with E-state index in [1.165, 1.54) is 41.5 Å². The lowest BCUT2D eigenvalue weighted by atomic mass is 9.75. The predicted octanol–water partition coefficient (Wildman–Crippen LogP) is 12.8. The normalized spacial score (nSPS) is 17.9. The number of allylic oxidation sites excluding steroid dienone is 2. The Balaban J connectivity index is 0.00000137. The summed E-state index contributed by atoms with van der Waals surface area (Å²) in [7, 11) is 1.75. The molecule has 0 bridgehead atoms. The van der Waals surface area contributed by atoms with Gasteiger partial charge in [0, 0.05) is 51.3 Å². The average Bonchev–Trinajstić information content (AvgIpc) is 4.10. The smallest absolute Gasteiger partial charge is 0.259 e. The van der Waals surface area contributed by atoms with Crippen LogP contribution in [0.2, 0.25) is 0 Å². The molecule has 4 unspecified atom stereocenters. The molecule has 0 radical (unpaired) electrons. The lowest BCUT2D eigenvalue weighted by molar-refractivity contribution is -0.141. The van der Waals surface area contributed by atoms with Gasteiger partial charge in [-0.05, 0) is 146 Å². The van der Waals surface area contributed by atoms with Gasteiger partial charge in [-0.25, -0.2) is 5.43 Å². The van der Waals surface area contributed by atoms with Crippen molar-refractivity contribution < 1.29 is 19.1 Å². The van der Waals surface area contributed by atoms with E-state index in [1.807, 2.05) is 33.0 Å². The number of aldehydes is 1. The first kappa shape index (κ1) is 61.1. The van der Waals surface area contributed by atoms with Gasteiger partial charge in [0.15, 0.2) is 0 Å². The Morgan fingerprint density at radius 2 is 1.59 bits per heavy atom. The van der Waals surface area contributed by atoms with Crippen molar-refractivity contribution in [2.24, 2.45) is 23.2 Å². The third-order valence-corrected chi connectivity index (χ3v) is 14.3. The predicted molar refractivity (Wildman–Crippen MR) is 299 cm³/mol. The van der Waals surface area contributed by atoms with Crippen LogP contribution in [-0.2, 0) is 25.5 Å². The Bertz CT molecular complexity index is 2070. The Kier molecular flexibility index (Phi) is 27.6. The minimum Gasteiger partial charge on any atom is -0.375 e. The molecule has 71 heavy (non-hydrogen) atoms. The van der Waals surface area contributed by atoms with Crippen molar-refractivity contribution in [1.82, 2.24) is 31.0 Å². The zero-order valence-electron chi connectivity index (χ0n) is 47.0. The molecule has 10 nitrogen and oxygen atoms in total. The molecule has 2 saturated heterocycles. The van der Waals surface area contributed by atoms with E-state index >= 15 is 0 Å². The van der Waals surface area contributed by atoms with Crippen molar-refractivity contribution in [3.8, 4) is 11.1 Å². The first-order valence-electron chi connectivity index (χ1n) is 27.8. The molecule has 3 fully saturated rings. The van der Waals surface area contributed by atoms with E-state index in [0.29, 0.717) is 31.2 Å². The van der Waals surface area contributed by atoms with Crippen molar-refractivity contribution in [3.05, 3.63) is 88.7 Å². The maximum absolute atomic E-state index is 14.7. The van der Waals surface area contributed by atoms with Crippen LogP contribution in [0.5, 0.6) is 0 Å². The van der Waals surface area contributed by atoms with E-state index in [-0.39, 0.29) is 35.3 Å². The van der Waals surface area contributed by atoms with E-state index in [4.69, 9.17) is 9.72 Å². The summed E-state index contributed by atoms with van der Waals surface area (Å²) >= 11 is 0. The van der Waals surface area contributed by atoms with Crippen LogP contribution in [0.4, 0.5) is 0 Å². The molecule has 0 spiro atoms. The van der Waals surface area contributed by atoms with Gasteiger partial charge in [0.2, 0.25) is 5.91 Å². The van der Waals surface area contributed by atoms with E-state index in [1.54, 1.807) is 12.1 Å². The molecule has 3 heterocycles. The molecule has 3 aromatic rings. The standard InChI is InChI=1S/C53H78N6O3.C3H6O.C3H8.C2H6/c1-10-53(7,8)33-46(48(36(3)4)44-22-17-26-55-49(44)38(6)62-9)45-32-43(24-23-37(45)5)42-21-16-18-39(30-42)31-47(52(61)59-28-15-14-27-56-59)57-51(60)50(41-19-12-13-20-41)58-29-25-40(35-58)34-54-11-2;1-2-3-4;1-3-2;1-2/h16-18,21-24,26,30,32,36,38,40-41,47,50,54,56H,10-15,19-20,25,27-29,31,33-35H2,1-9H3,(H,57,60);3H,2H2,1H3;3H2,1-2H3;1-2H3/b48-46+;;;. The highest BCUT2D eigenvalue weighted by atomic mass is 16.5. The third kappa shape index (κ3) is 18.3. The maximum atomic E-state index is 14.7. The number of pyridine rings is 1. The quantitative estimate of drug-likeness (QED) is 0.0959. The van der Waals surface area contributed by atoms with E-state index < -0.39 is 6.04 Å². The summed E-state index contributed by atoms with van der Waals surface area (Å²) in [5, 5.41) is 8.69. The molecule has 1 saturated carbocycles. The summed E-state index contributed by atoms with van der Waals surface area (Å²) in [5.74, 6) is 1.07. The monoisotopic (exact) mass is 979 g/mol. The minimum absolute atomic E-state index is 0.0163. The van der Waals surface area contributed by atoms with Crippen LogP contribution in [0.1, 0.15) is 188 Å². The van der Waals surface area contributed by atoms with E-state index in [0.717, 1.165) is 112 Å². The Labute approximate surface area is 432 Å². The van der Waals surface area contributed by atoms with Gasteiger partial charge in [-0.3, -0.25) is 24.5 Å². The second kappa shape index (κ2) is 32.1. The van der Waals surface area contributed by atoms with Gasteiger partial charge in [0.05, 0.1) is 17.8 Å². The Morgan fingerprint density at radius 3 is 2.20 bits per heavy atom. The molecule has 2 amide bonds. The molecule has 3 N–H and O–H groups in total. The number of aryl methyl sites for hydroxylation is 1. The molecule has 2 aromatic carbocycles. The van der Waals surface area contributed by atoms with E-state index in [2.05, 4.69) is 139 Å². The summed E-state index contributed by atoms with van der Waals surface area (Å²) in [6.45, 7) is 33.3. The number of nitrogens with zero attached hydrogens (tertiary/aromatic N) is 3. The number of rotatable bonds is 20. The molecule has 4 atom stereocenters. The molecule has 1 aromatic heterocycles. The molecule has 396 valence electrons. The van der Waals surface area contributed by atoms with E-state index in [9.17, 15) is 14.4 Å². The number of hydrazine groups is 1. The van der Waals surface area contributed by atoms with Crippen molar-refractivity contribution in [3.63, 3.8) is 0 Å². The molecule has 3 aliphatic rings. The van der Waals surface area contributed by atoms with Crippen LogP contribution in [0.3, 0.4) is 0 Å². The number of ether oxygens (including phenoxy) is 1. The van der Waals surface area contributed by atoms with Gasteiger partial charge in [0.1, 0.15) is 12.3 Å². The summed E-state index contributed by atoms with van der Waals surface area (Å²) < 4.78 is 5.86. The Hall–Kier alpha value is -4.22. The van der Waals surface area contributed by atoms with Crippen LogP contribution in [0.25, 0.3) is 22.3 Å². The van der Waals surface area contributed by atoms with Crippen molar-refractivity contribution >= 4 is 29.2 Å². The SMILES string of the molecule is CC.CCC.CCC=O.CCNCC1CCN(C(C(=O)NC(Cc2cccc(-c3ccc(C)c(/C(CC(C)(C)CC)=C(/c4cccnc4C(C)OC)C(C)C)c3)c2)C(=O)N2CCCCN2)C2CCCC2)C1. The molecular weight excluding hydrogens is 881 g/mol. The van der Waals surface area contributed by atoms with Crippen LogP contribution in [-0.4, -0.2) is 91.5 Å². The molecule has 1 aliphatic carbocycles. The highest BCUT2D eigenvalue weighted by Gasteiger charge is 2.40. The number of amides is 2. The summed E-state index contributed by atoms with van der Waals surface area (Å²) in [6.07, 6.45) is 14.4. The fraction of sp³-hybridized carbons (Fsp3) is 0.639. The highest BCUT2D eigenvalue weighted by Crippen LogP contribution is 2.44. The summed E-state index contributed by atoms with van der Waals surface area (Å²) in [6, 6.07) is 18.9. The number of hydrogen-bond donors (Lipinski definition) is 3. The number of benzene rings is 2. The number of carbonyl (C=O) groups is 3. The molecular formula is C61H98N6O4. The number of methoxy groups -OCH3 is 1. The molecule has 6 rings (SSSR count). The fourth-order valence-corrected chi connectivity index (χ4v) is 10.2. The van der Waals surface area contributed by atoms with Crippen molar-refractivity contribution in [1.29, 1.82) is 0 Å². The molecule has 2 aliphatic heterocycles. The lowest BCUT2D eigenvalue weighted by Gasteiger charge is -2.35. The largest absolute Gasteiger partial charge is 0.375 e. The van der Waals surface area contributed by atoms with Gasteiger partial charge in [-0.15, -0.1) is 0 Å². The second-order valence-corrected chi connectivity index (χ2v) is 20.9. The van der Waals surface area contributed by atoms with Crippen LogP contribution in [0, 0.1) is 30.1 Å². The molecule has 10 heteroatoms. The average molecular weight is 979 g/mol. The number of hydrogen-bond acceptors (Lipinski definition) is 8. The lowest BCUT2D eigenvalue weighted by Crippen LogP contribution is -2.59. The van der Waals surface area contributed by atoms with Crippen LogP contribution >= 0.6 is 0 Å². The highest BCUT2D eigenvalue weighted by molar-refractivity contribution is 5.94. The van der Waals surface area contributed by atoms with Crippen molar-refractivity contribution in [2.75, 3.05) is 46.4 Å². The minimum atomic E-state index is -0.677. The third-order valence-electron chi connectivity index (χ3n) is 14.3. The maximum Gasteiger partial charge on any atom is 0.259 e. The first-order valence-corrected chi connectivity index (χ1v) is 27.8. The van der Waals surface area contributed by atoms with Gasteiger partial charge in [-0.1, -0.05) is 144 Å². The van der Waals surface area contributed by atoms with Gasteiger partial charge in [0.25, 0.3) is 5.91 Å². The van der Waals surface area contributed by atoms with Gasteiger partial charge in [-0.2, -0.15) is 0 Å². The fourth-order valence-electron chi connectivity index (χ4n) is 10.2. The van der Waals surface area contributed by atoms with Crippen LogP contribution < -0.4 is 16.1 Å². The number of aromatic nitrogens is 1. The topological polar surface area (TPSA) is 116 Å². The zero-order valence-corrected chi connectivity index (χ0v) is 47.0. The number of likely N-dealkylation sites (tertiary alicyclic amines) is 1. The van der Waals surface area contributed by atoms with Gasteiger partial charge >= 0.3 is 0 Å². The summed E-state index contributed by atoms with van der Waals surface area (Å²) in [4.78, 5) is 45.6. The van der Waals surface area contributed by atoms with Gasteiger partial charge < -0.3 is 20.2 Å². The zero-order chi connectivity index (χ0) is 52.5. The van der Waals surface area contributed by atoms with Crippen molar-refractivity contribution in [2.45, 2.75) is 185 Å². The second-order valence-electron chi connectivity index (χ2n) is 20.9. The number of nitrogens with one attached hydrogen (secondary N) is 3.